The summed E-state index contributed by atoms with van der Waals surface area (Å²) in [6.07, 6.45) is -2.02. The summed E-state index contributed by atoms with van der Waals surface area (Å²) >= 11 is 0. The molecule has 2 aromatic carbocycles. The Kier molecular flexibility index (Phi) is 6.78. The van der Waals surface area contributed by atoms with Crippen LogP contribution in [-0.4, -0.2) is 61.4 Å². The number of hydrogen-bond donors (Lipinski definition) is 4. The molecular weight excluding hydrogens is 412 g/mol. The molecule has 0 unspecified atom stereocenters. The Morgan fingerprint density at radius 3 is 2.34 bits per heavy atom. The number of benzene rings is 2. The molecular formula is C24H26N2O6. The summed E-state index contributed by atoms with van der Waals surface area (Å²) in [6, 6.07) is 15.3. The van der Waals surface area contributed by atoms with Crippen molar-refractivity contribution >= 4 is 0 Å². The van der Waals surface area contributed by atoms with E-state index in [0.29, 0.717) is 17.7 Å². The molecule has 0 saturated carbocycles. The van der Waals surface area contributed by atoms with Gasteiger partial charge in [-0.25, -0.2) is 9.97 Å². The van der Waals surface area contributed by atoms with Crippen LogP contribution in [0.25, 0.3) is 0 Å². The van der Waals surface area contributed by atoms with Crippen molar-refractivity contribution in [3.8, 4) is 11.8 Å². The molecule has 1 aromatic heterocycles. The molecule has 1 fully saturated rings. The third kappa shape index (κ3) is 4.79. The van der Waals surface area contributed by atoms with Gasteiger partial charge < -0.3 is 29.9 Å². The van der Waals surface area contributed by atoms with Gasteiger partial charge in [0.05, 0.1) is 6.61 Å². The molecule has 0 radical (unpaired) electrons. The van der Waals surface area contributed by atoms with Crippen molar-refractivity contribution in [3.05, 3.63) is 83.2 Å². The second kappa shape index (κ2) is 9.72. The smallest absolute Gasteiger partial charge is 0.321 e. The molecule has 1 aliphatic rings. The zero-order valence-electron chi connectivity index (χ0n) is 17.6. The Morgan fingerprint density at radius 2 is 1.66 bits per heavy atom. The quantitative estimate of drug-likeness (QED) is 0.458. The minimum atomic E-state index is -1.41. The van der Waals surface area contributed by atoms with Crippen LogP contribution in [0.1, 0.15) is 28.4 Å². The van der Waals surface area contributed by atoms with E-state index >= 15 is 0 Å². The van der Waals surface area contributed by atoms with Gasteiger partial charge in [-0.1, -0.05) is 30.3 Å². The van der Waals surface area contributed by atoms with Gasteiger partial charge in [0.2, 0.25) is 0 Å². The SMILES string of the molecule is Cc1ccc([C@@H]2O[C@H](CO)[C@@H](O)[C@H](O)[C@H]2O)cc1Cc1ccc(Oc2ncccn2)cc1. The van der Waals surface area contributed by atoms with Gasteiger partial charge in [-0.3, -0.25) is 0 Å². The van der Waals surface area contributed by atoms with E-state index in [9.17, 15) is 20.4 Å². The summed E-state index contributed by atoms with van der Waals surface area (Å²) in [7, 11) is 0. The molecule has 2 heterocycles. The Bertz CT molecular complexity index is 1030. The van der Waals surface area contributed by atoms with E-state index in [1.807, 2.05) is 49.4 Å². The average molecular weight is 438 g/mol. The molecule has 168 valence electrons. The van der Waals surface area contributed by atoms with E-state index in [-0.39, 0.29) is 6.01 Å². The number of nitrogens with zero attached hydrogens (tertiary/aromatic N) is 2. The largest absolute Gasteiger partial charge is 0.424 e. The summed E-state index contributed by atoms with van der Waals surface area (Å²) in [5, 5.41) is 40.0. The van der Waals surface area contributed by atoms with Crippen molar-refractivity contribution in [3.63, 3.8) is 0 Å². The summed E-state index contributed by atoms with van der Waals surface area (Å²) in [5.41, 5.74) is 3.82. The number of hydrogen-bond acceptors (Lipinski definition) is 8. The van der Waals surface area contributed by atoms with E-state index in [1.165, 1.54) is 0 Å². The third-order valence-electron chi connectivity index (χ3n) is 5.66. The van der Waals surface area contributed by atoms with Gasteiger partial charge in [0.1, 0.15) is 36.3 Å². The molecule has 3 aromatic rings. The van der Waals surface area contributed by atoms with Gasteiger partial charge in [-0.2, -0.15) is 0 Å². The van der Waals surface area contributed by atoms with E-state index in [2.05, 4.69) is 9.97 Å². The van der Waals surface area contributed by atoms with Gasteiger partial charge in [0.15, 0.2) is 0 Å². The predicted octanol–water partition coefficient (Wildman–Crippen LogP) is 1.68. The molecule has 0 bridgehead atoms. The minimum absolute atomic E-state index is 0.281. The maximum Gasteiger partial charge on any atom is 0.321 e. The van der Waals surface area contributed by atoms with Crippen molar-refractivity contribution in [2.24, 2.45) is 0 Å². The molecule has 1 saturated heterocycles. The van der Waals surface area contributed by atoms with Crippen LogP contribution < -0.4 is 4.74 Å². The topological polar surface area (TPSA) is 125 Å². The van der Waals surface area contributed by atoms with E-state index in [1.54, 1.807) is 18.5 Å². The lowest BCUT2D eigenvalue weighted by molar-refractivity contribution is -0.231. The fourth-order valence-corrected chi connectivity index (χ4v) is 3.77. The number of ether oxygens (including phenoxy) is 2. The van der Waals surface area contributed by atoms with Gasteiger partial charge in [0, 0.05) is 12.4 Å². The number of aromatic nitrogens is 2. The predicted molar refractivity (Wildman–Crippen MR) is 115 cm³/mol. The minimum Gasteiger partial charge on any atom is -0.424 e. The second-order valence-electron chi connectivity index (χ2n) is 7.89. The fourth-order valence-electron chi connectivity index (χ4n) is 3.77. The highest BCUT2D eigenvalue weighted by atomic mass is 16.5. The zero-order valence-corrected chi connectivity index (χ0v) is 17.6. The monoisotopic (exact) mass is 438 g/mol. The Hall–Kier alpha value is -2.88. The second-order valence-corrected chi connectivity index (χ2v) is 7.89. The molecule has 4 rings (SSSR count). The van der Waals surface area contributed by atoms with Crippen LogP contribution in [0.4, 0.5) is 0 Å². The highest BCUT2D eigenvalue weighted by Crippen LogP contribution is 2.33. The number of aliphatic hydroxyl groups excluding tert-OH is 4. The van der Waals surface area contributed by atoms with Crippen LogP contribution in [0.3, 0.4) is 0 Å². The lowest BCUT2D eigenvalue weighted by Gasteiger charge is -2.40. The molecule has 1 aliphatic heterocycles. The van der Waals surface area contributed by atoms with E-state index in [4.69, 9.17) is 9.47 Å². The van der Waals surface area contributed by atoms with Crippen LogP contribution in [0, 0.1) is 6.92 Å². The summed E-state index contributed by atoms with van der Waals surface area (Å²) < 4.78 is 11.3. The summed E-state index contributed by atoms with van der Waals surface area (Å²) in [5.74, 6) is 0.631. The van der Waals surface area contributed by atoms with Crippen molar-refractivity contribution in [1.29, 1.82) is 0 Å². The molecule has 8 heteroatoms. The van der Waals surface area contributed by atoms with Gasteiger partial charge >= 0.3 is 6.01 Å². The highest BCUT2D eigenvalue weighted by molar-refractivity contribution is 5.38. The summed E-state index contributed by atoms with van der Waals surface area (Å²) in [4.78, 5) is 8.09. The van der Waals surface area contributed by atoms with Crippen molar-refractivity contribution in [2.45, 2.75) is 43.9 Å². The molecule has 0 aliphatic carbocycles. The molecule has 4 N–H and O–H groups in total. The maximum absolute atomic E-state index is 10.4. The van der Waals surface area contributed by atoms with Crippen LogP contribution in [0.5, 0.6) is 11.8 Å². The number of rotatable bonds is 6. The molecule has 0 amide bonds. The van der Waals surface area contributed by atoms with E-state index in [0.717, 1.165) is 16.7 Å². The third-order valence-corrected chi connectivity index (χ3v) is 5.66. The van der Waals surface area contributed by atoms with Crippen molar-refractivity contribution < 1.29 is 29.9 Å². The van der Waals surface area contributed by atoms with Crippen molar-refractivity contribution in [1.82, 2.24) is 9.97 Å². The summed E-state index contributed by atoms with van der Waals surface area (Å²) in [6.45, 7) is 1.54. The van der Waals surface area contributed by atoms with Crippen LogP contribution in [0.15, 0.2) is 60.9 Å². The maximum atomic E-state index is 10.4. The first-order chi connectivity index (χ1) is 15.5. The molecule has 0 spiro atoms. The number of aryl methyl sites for hydroxylation is 1. The van der Waals surface area contributed by atoms with Gasteiger partial charge in [0.25, 0.3) is 0 Å². The Morgan fingerprint density at radius 1 is 0.938 bits per heavy atom. The Balaban J connectivity index is 1.50. The number of aliphatic hydroxyl groups is 4. The lowest BCUT2D eigenvalue weighted by Crippen LogP contribution is -2.55. The van der Waals surface area contributed by atoms with Crippen LogP contribution in [-0.2, 0) is 11.2 Å². The first-order valence-electron chi connectivity index (χ1n) is 10.4. The van der Waals surface area contributed by atoms with Gasteiger partial charge in [-0.05, 0) is 53.8 Å². The van der Waals surface area contributed by atoms with Crippen molar-refractivity contribution in [2.75, 3.05) is 6.61 Å². The van der Waals surface area contributed by atoms with Crippen LogP contribution >= 0.6 is 0 Å². The highest BCUT2D eigenvalue weighted by Gasteiger charge is 2.43. The normalized spacial score (nSPS) is 25.5. The fraction of sp³-hybridized carbons (Fsp3) is 0.333. The lowest BCUT2D eigenvalue weighted by atomic mass is 9.89. The first-order valence-corrected chi connectivity index (χ1v) is 10.4. The Labute approximate surface area is 185 Å². The standard InChI is InChI=1S/C24H26N2O6/c1-14-3-6-16(23-22(30)21(29)20(28)19(13-27)32-23)12-17(14)11-15-4-7-18(8-5-15)31-24-25-9-2-10-26-24/h2-10,12,19-23,27-30H,11,13H2,1H3/t19-,20-,21+,22-,23+/m1/s1. The van der Waals surface area contributed by atoms with E-state index < -0.39 is 37.1 Å². The first kappa shape index (κ1) is 22.3. The molecule has 8 nitrogen and oxygen atoms in total. The van der Waals surface area contributed by atoms with Crippen LogP contribution in [0.2, 0.25) is 0 Å². The zero-order chi connectivity index (χ0) is 22.7. The molecule has 5 atom stereocenters. The average Bonchev–Trinajstić information content (AvgIpc) is 2.81. The van der Waals surface area contributed by atoms with Gasteiger partial charge in [-0.15, -0.1) is 0 Å². The molecule has 32 heavy (non-hydrogen) atoms.